The SMILES string of the molecule is C=C(C)[C@@H](C)n1c2ccccc2c2ccccc21. The Morgan fingerprint density at radius 1 is 0.944 bits per heavy atom. The number of nitrogens with zero attached hydrogens (tertiary/aromatic N) is 1. The number of para-hydroxylation sites is 2. The van der Waals surface area contributed by atoms with Crippen molar-refractivity contribution in [3.05, 3.63) is 60.7 Å². The zero-order valence-corrected chi connectivity index (χ0v) is 10.9. The van der Waals surface area contributed by atoms with Gasteiger partial charge in [0.1, 0.15) is 0 Å². The van der Waals surface area contributed by atoms with Crippen LogP contribution in [0.5, 0.6) is 0 Å². The highest BCUT2D eigenvalue weighted by molar-refractivity contribution is 6.08. The molecule has 1 heteroatoms. The van der Waals surface area contributed by atoms with Crippen molar-refractivity contribution in [1.29, 1.82) is 0 Å². The van der Waals surface area contributed by atoms with Crippen molar-refractivity contribution in [2.24, 2.45) is 0 Å². The van der Waals surface area contributed by atoms with Gasteiger partial charge in [-0.1, -0.05) is 48.6 Å². The lowest BCUT2D eigenvalue weighted by Gasteiger charge is -2.16. The molecule has 0 fully saturated rings. The summed E-state index contributed by atoms with van der Waals surface area (Å²) in [6, 6.07) is 17.5. The average Bonchev–Trinajstić information content (AvgIpc) is 2.72. The lowest BCUT2D eigenvalue weighted by atomic mass is 10.1. The molecule has 0 bridgehead atoms. The topological polar surface area (TPSA) is 4.93 Å². The van der Waals surface area contributed by atoms with Crippen molar-refractivity contribution in [1.82, 2.24) is 4.57 Å². The Hall–Kier alpha value is -2.02. The first-order chi connectivity index (χ1) is 8.70. The molecule has 90 valence electrons. The van der Waals surface area contributed by atoms with Gasteiger partial charge in [0.25, 0.3) is 0 Å². The molecule has 1 nitrogen and oxygen atoms in total. The summed E-state index contributed by atoms with van der Waals surface area (Å²) in [6.45, 7) is 8.40. The minimum Gasteiger partial charge on any atom is -0.333 e. The summed E-state index contributed by atoms with van der Waals surface area (Å²) in [5, 5.41) is 2.64. The molecule has 0 spiro atoms. The largest absolute Gasteiger partial charge is 0.333 e. The van der Waals surface area contributed by atoms with Crippen LogP contribution in [0.25, 0.3) is 21.8 Å². The van der Waals surface area contributed by atoms with E-state index in [1.165, 1.54) is 27.4 Å². The van der Waals surface area contributed by atoms with Crippen LogP contribution in [0.2, 0.25) is 0 Å². The van der Waals surface area contributed by atoms with E-state index in [1.54, 1.807) is 0 Å². The van der Waals surface area contributed by atoms with E-state index >= 15 is 0 Å². The fourth-order valence-electron chi connectivity index (χ4n) is 2.59. The van der Waals surface area contributed by atoms with E-state index in [9.17, 15) is 0 Å². The first kappa shape index (κ1) is 11.1. The van der Waals surface area contributed by atoms with Gasteiger partial charge in [0, 0.05) is 21.8 Å². The molecule has 18 heavy (non-hydrogen) atoms. The summed E-state index contributed by atoms with van der Waals surface area (Å²) in [5.74, 6) is 0. The maximum absolute atomic E-state index is 4.10. The van der Waals surface area contributed by atoms with Crippen molar-refractivity contribution in [3.8, 4) is 0 Å². The number of allylic oxidation sites excluding steroid dienone is 1. The number of fused-ring (bicyclic) bond motifs is 3. The smallest absolute Gasteiger partial charge is 0.0518 e. The Morgan fingerprint density at radius 2 is 1.39 bits per heavy atom. The fraction of sp³-hybridized carbons (Fsp3) is 0.176. The van der Waals surface area contributed by atoms with Gasteiger partial charge in [-0.05, 0) is 26.0 Å². The molecule has 0 radical (unpaired) electrons. The Bertz CT molecular complexity index is 680. The Morgan fingerprint density at radius 3 is 1.83 bits per heavy atom. The molecule has 0 unspecified atom stereocenters. The number of hydrogen-bond acceptors (Lipinski definition) is 0. The van der Waals surface area contributed by atoms with Crippen LogP contribution in [0.1, 0.15) is 19.9 Å². The average molecular weight is 235 g/mol. The molecule has 0 saturated carbocycles. The number of aromatic nitrogens is 1. The fourth-order valence-corrected chi connectivity index (χ4v) is 2.59. The predicted molar refractivity (Wildman–Crippen MR) is 79.0 cm³/mol. The normalized spacial score (nSPS) is 13.0. The molecule has 1 atom stereocenters. The molecule has 0 aliphatic rings. The predicted octanol–water partition coefficient (Wildman–Crippen LogP) is 4.93. The maximum Gasteiger partial charge on any atom is 0.0518 e. The third-order valence-electron chi connectivity index (χ3n) is 3.72. The van der Waals surface area contributed by atoms with Crippen LogP contribution in [0.4, 0.5) is 0 Å². The molecular formula is C17H17N. The van der Waals surface area contributed by atoms with E-state index in [2.05, 4.69) is 73.5 Å². The molecule has 3 aromatic rings. The maximum atomic E-state index is 4.10. The summed E-state index contributed by atoms with van der Waals surface area (Å²) in [5.41, 5.74) is 3.75. The van der Waals surface area contributed by atoms with E-state index in [0.29, 0.717) is 6.04 Å². The van der Waals surface area contributed by atoms with Gasteiger partial charge in [-0.15, -0.1) is 0 Å². The second-order valence-electron chi connectivity index (χ2n) is 4.93. The molecule has 1 aromatic heterocycles. The van der Waals surface area contributed by atoms with Crippen LogP contribution >= 0.6 is 0 Å². The first-order valence-corrected chi connectivity index (χ1v) is 6.33. The van der Waals surface area contributed by atoms with Crippen molar-refractivity contribution < 1.29 is 0 Å². The van der Waals surface area contributed by atoms with E-state index in [1.807, 2.05) is 0 Å². The molecule has 0 aliphatic heterocycles. The molecule has 1 heterocycles. The molecule has 2 aromatic carbocycles. The molecule has 0 aliphatic carbocycles. The summed E-state index contributed by atoms with van der Waals surface area (Å²) >= 11 is 0. The quantitative estimate of drug-likeness (QED) is 0.555. The van der Waals surface area contributed by atoms with Gasteiger partial charge in [0.15, 0.2) is 0 Å². The third-order valence-corrected chi connectivity index (χ3v) is 3.72. The van der Waals surface area contributed by atoms with Gasteiger partial charge < -0.3 is 4.57 Å². The zero-order chi connectivity index (χ0) is 12.7. The highest BCUT2D eigenvalue weighted by Gasteiger charge is 2.14. The van der Waals surface area contributed by atoms with E-state index in [4.69, 9.17) is 0 Å². The van der Waals surface area contributed by atoms with Gasteiger partial charge in [-0.2, -0.15) is 0 Å². The van der Waals surface area contributed by atoms with Gasteiger partial charge in [0.2, 0.25) is 0 Å². The van der Waals surface area contributed by atoms with Gasteiger partial charge in [-0.3, -0.25) is 0 Å². The molecule has 0 saturated heterocycles. The van der Waals surface area contributed by atoms with E-state index in [-0.39, 0.29) is 0 Å². The second kappa shape index (κ2) is 4.02. The van der Waals surface area contributed by atoms with Crippen LogP contribution < -0.4 is 0 Å². The molecule has 0 N–H and O–H groups in total. The third kappa shape index (κ3) is 1.47. The lowest BCUT2D eigenvalue weighted by molar-refractivity contribution is 0.672. The van der Waals surface area contributed by atoms with Crippen molar-refractivity contribution in [3.63, 3.8) is 0 Å². The number of rotatable bonds is 2. The van der Waals surface area contributed by atoms with Crippen molar-refractivity contribution in [2.75, 3.05) is 0 Å². The first-order valence-electron chi connectivity index (χ1n) is 6.33. The van der Waals surface area contributed by atoms with E-state index < -0.39 is 0 Å². The molecule has 0 amide bonds. The Kier molecular flexibility index (Phi) is 2.48. The van der Waals surface area contributed by atoms with Crippen LogP contribution in [-0.4, -0.2) is 4.57 Å². The lowest BCUT2D eigenvalue weighted by Crippen LogP contribution is -2.05. The highest BCUT2D eigenvalue weighted by atomic mass is 15.0. The summed E-state index contributed by atoms with van der Waals surface area (Å²) < 4.78 is 2.38. The van der Waals surface area contributed by atoms with Crippen molar-refractivity contribution in [2.45, 2.75) is 19.9 Å². The Balaban J connectivity index is 2.49. The summed E-state index contributed by atoms with van der Waals surface area (Å²) in [6.07, 6.45) is 0. The molecule has 3 rings (SSSR count). The minimum atomic E-state index is 0.315. The molecular weight excluding hydrogens is 218 g/mol. The van der Waals surface area contributed by atoms with Crippen LogP contribution in [0.15, 0.2) is 60.7 Å². The van der Waals surface area contributed by atoms with Crippen molar-refractivity contribution >= 4 is 21.8 Å². The van der Waals surface area contributed by atoms with Crippen LogP contribution in [0.3, 0.4) is 0 Å². The van der Waals surface area contributed by atoms with Crippen LogP contribution in [0, 0.1) is 0 Å². The summed E-state index contributed by atoms with van der Waals surface area (Å²) in [4.78, 5) is 0. The minimum absolute atomic E-state index is 0.315. The van der Waals surface area contributed by atoms with E-state index in [0.717, 1.165) is 0 Å². The number of hydrogen-bond donors (Lipinski definition) is 0. The standard InChI is InChI=1S/C17H17N/c1-12(2)13(3)18-16-10-6-4-8-14(16)15-9-5-7-11-17(15)18/h4-11,13H,1H2,2-3H3/t13-/m1/s1. The zero-order valence-electron chi connectivity index (χ0n) is 10.9. The second-order valence-corrected chi connectivity index (χ2v) is 4.93. The Labute approximate surface area is 107 Å². The van der Waals surface area contributed by atoms with Crippen LogP contribution in [-0.2, 0) is 0 Å². The highest BCUT2D eigenvalue weighted by Crippen LogP contribution is 2.33. The van der Waals surface area contributed by atoms with Gasteiger partial charge in [0.05, 0.1) is 6.04 Å². The van der Waals surface area contributed by atoms with Gasteiger partial charge >= 0.3 is 0 Å². The van der Waals surface area contributed by atoms with Gasteiger partial charge in [-0.25, -0.2) is 0 Å². The number of benzene rings is 2. The monoisotopic (exact) mass is 235 g/mol. The summed E-state index contributed by atoms with van der Waals surface area (Å²) in [7, 11) is 0.